The van der Waals surface area contributed by atoms with Gasteiger partial charge in [0.05, 0.1) is 11.0 Å². The molecule has 3 heterocycles. The first-order chi connectivity index (χ1) is 33.7. The smallest absolute Gasteiger partial charge is 0.238 e. The van der Waals surface area contributed by atoms with Crippen LogP contribution in [0.25, 0.3) is 138 Å². The van der Waals surface area contributed by atoms with Gasteiger partial charge in [0.25, 0.3) is 0 Å². The lowest BCUT2D eigenvalue weighted by molar-refractivity contribution is 0.670. The summed E-state index contributed by atoms with van der Waals surface area (Å²) in [6.07, 6.45) is 0. The summed E-state index contributed by atoms with van der Waals surface area (Å²) in [5.41, 5.74) is 12.1. The maximum Gasteiger partial charge on any atom is 0.238 e. The lowest BCUT2D eigenvalue weighted by Crippen LogP contribution is -2.07. The molecule has 11 aromatic carbocycles. The van der Waals surface area contributed by atoms with Crippen molar-refractivity contribution in [2.45, 2.75) is 0 Å². The molecular weight excluding hydrogens is 829 g/mol. The number of aromatic nitrogens is 4. The third-order valence-electron chi connectivity index (χ3n) is 13.6. The molecule has 14 rings (SSSR count). The zero-order valence-electron chi connectivity index (χ0n) is 36.6. The van der Waals surface area contributed by atoms with Gasteiger partial charge in [0.15, 0.2) is 11.6 Å². The highest BCUT2D eigenvalue weighted by Crippen LogP contribution is 2.48. The van der Waals surface area contributed by atoms with E-state index in [4.69, 9.17) is 19.4 Å². The molecule has 3 aromatic heterocycles. The van der Waals surface area contributed by atoms with E-state index in [0.717, 1.165) is 115 Å². The number of fused-ring (bicyclic) bond motifs is 12. The van der Waals surface area contributed by atoms with E-state index in [1.165, 1.54) is 5.39 Å². The fourth-order valence-corrected chi connectivity index (χ4v) is 10.5. The summed E-state index contributed by atoms with van der Waals surface area (Å²) >= 11 is 0. The summed E-state index contributed by atoms with van der Waals surface area (Å²) in [4.78, 5) is 16.4. The van der Waals surface area contributed by atoms with E-state index in [2.05, 4.69) is 217 Å². The van der Waals surface area contributed by atoms with Crippen LogP contribution in [-0.2, 0) is 0 Å². The Morgan fingerprint density at radius 3 is 1.46 bits per heavy atom. The van der Waals surface area contributed by atoms with Crippen molar-refractivity contribution in [2.24, 2.45) is 0 Å². The van der Waals surface area contributed by atoms with Gasteiger partial charge in [0.1, 0.15) is 11.2 Å². The number of para-hydroxylation sites is 2. The van der Waals surface area contributed by atoms with Crippen LogP contribution in [0.15, 0.2) is 235 Å². The number of furan rings is 1. The molecular formula is C63H38N4O. The van der Waals surface area contributed by atoms with Crippen molar-refractivity contribution in [1.82, 2.24) is 19.5 Å². The van der Waals surface area contributed by atoms with Crippen molar-refractivity contribution in [3.63, 3.8) is 0 Å². The van der Waals surface area contributed by atoms with E-state index >= 15 is 0 Å². The maximum atomic E-state index is 6.94. The SMILES string of the molecule is c1ccc(-c2ccc(-c3nc(-c4ccc(-c5ccccc5)cc4)nc(-n4c5c(-c6c7ccccc7cc7c6oc6ccccc67)cccc5c5c6ccccc6c6ccccc6c54)n3)cc2)cc1. The van der Waals surface area contributed by atoms with Gasteiger partial charge in [-0.15, -0.1) is 0 Å². The average Bonchev–Trinajstić information content (AvgIpc) is 3.97. The van der Waals surface area contributed by atoms with Crippen LogP contribution in [0.4, 0.5) is 0 Å². The first kappa shape index (κ1) is 38.1. The molecule has 0 saturated heterocycles. The van der Waals surface area contributed by atoms with Gasteiger partial charge < -0.3 is 4.42 Å². The van der Waals surface area contributed by atoms with Crippen LogP contribution in [0.5, 0.6) is 0 Å². The van der Waals surface area contributed by atoms with E-state index in [-0.39, 0.29) is 0 Å². The van der Waals surface area contributed by atoms with Gasteiger partial charge in [-0.25, -0.2) is 4.98 Å². The Balaban J connectivity index is 1.12. The zero-order valence-corrected chi connectivity index (χ0v) is 36.6. The summed E-state index contributed by atoms with van der Waals surface area (Å²) in [5, 5.41) is 11.3. The summed E-state index contributed by atoms with van der Waals surface area (Å²) < 4.78 is 9.26. The molecule has 0 spiro atoms. The molecule has 0 atom stereocenters. The Morgan fingerprint density at radius 1 is 0.324 bits per heavy atom. The molecule has 0 bridgehead atoms. The lowest BCUT2D eigenvalue weighted by atomic mass is 9.93. The summed E-state index contributed by atoms with van der Waals surface area (Å²) in [6, 6.07) is 81.5. The van der Waals surface area contributed by atoms with Gasteiger partial charge in [-0.3, -0.25) is 4.57 Å². The highest BCUT2D eigenvalue weighted by molar-refractivity contribution is 6.34. The molecule has 0 aliphatic rings. The van der Waals surface area contributed by atoms with Crippen molar-refractivity contribution in [1.29, 1.82) is 0 Å². The molecule has 0 saturated carbocycles. The minimum Gasteiger partial charge on any atom is -0.455 e. The molecule has 14 aromatic rings. The second-order valence-corrected chi connectivity index (χ2v) is 17.5. The molecule has 0 amide bonds. The van der Waals surface area contributed by atoms with E-state index in [1.54, 1.807) is 0 Å². The number of hydrogen-bond acceptors (Lipinski definition) is 4. The van der Waals surface area contributed by atoms with Gasteiger partial charge in [-0.05, 0) is 61.3 Å². The Hall–Kier alpha value is -9.19. The van der Waals surface area contributed by atoms with Crippen LogP contribution < -0.4 is 0 Å². The number of rotatable bonds is 6. The molecule has 0 aliphatic heterocycles. The third-order valence-corrected chi connectivity index (χ3v) is 13.6. The zero-order chi connectivity index (χ0) is 44.7. The molecule has 0 aliphatic carbocycles. The van der Waals surface area contributed by atoms with Crippen LogP contribution in [0.1, 0.15) is 0 Å². The lowest BCUT2D eigenvalue weighted by Gasteiger charge is -2.15. The number of benzene rings is 11. The van der Waals surface area contributed by atoms with Crippen LogP contribution in [0.2, 0.25) is 0 Å². The first-order valence-electron chi connectivity index (χ1n) is 23.0. The normalized spacial score (nSPS) is 11.8. The molecule has 0 unspecified atom stereocenters. The summed E-state index contributed by atoms with van der Waals surface area (Å²) in [6.45, 7) is 0. The van der Waals surface area contributed by atoms with Gasteiger partial charge in [0.2, 0.25) is 5.95 Å². The average molecular weight is 867 g/mol. The predicted octanol–water partition coefficient (Wildman–Crippen LogP) is 16.7. The van der Waals surface area contributed by atoms with Gasteiger partial charge in [0, 0.05) is 49.2 Å². The van der Waals surface area contributed by atoms with Crippen LogP contribution in [-0.4, -0.2) is 19.5 Å². The maximum absolute atomic E-state index is 6.94. The van der Waals surface area contributed by atoms with E-state index in [9.17, 15) is 0 Å². The summed E-state index contributed by atoms with van der Waals surface area (Å²) in [7, 11) is 0. The number of hydrogen-bond donors (Lipinski definition) is 0. The topological polar surface area (TPSA) is 56.7 Å². The van der Waals surface area contributed by atoms with Gasteiger partial charge >= 0.3 is 0 Å². The molecule has 5 nitrogen and oxygen atoms in total. The Morgan fingerprint density at radius 2 is 0.809 bits per heavy atom. The van der Waals surface area contributed by atoms with Gasteiger partial charge in [-0.1, -0.05) is 218 Å². The third kappa shape index (κ3) is 5.93. The van der Waals surface area contributed by atoms with Crippen molar-refractivity contribution < 1.29 is 4.42 Å². The monoisotopic (exact) mass is 866 g/mol. The second-order valence-electron chi connectivity index (χ2n) is 17.5. The van der Waals surface area contributed by atoms with E-state index in [0.29, 0.717) is 17.6 Å². The van der Waals surface area contributed by atoms with Crippen molar-refractivity contribution >= 4 is 76.1 Å². The highest BCUT2D eigenvalue weighted by Gasteiger charge is 2.26. The fourth-order valence-electron chi connectivity index (χ4n) is 10.5. The Labute approximate surface area is 390 Å². The minimum atomic E-state index is 0.526. The molecule has 0 N–H and O–H groups in total. The minimum absolute atomic E-state index is 0.526. The molecule has 68 heavy (non-hydrogen) atoms. The quantitative estimate of drug-likeness (QED) is 0.156. The Kier molecular flexibility index (Phi) is 8.52. The fraction of sp³-hybridized carbons (Fsp3) is 0. The first-order valence-corrected chi connectivity index (χ1v) is 23.0. The van der Waals surface area contributed by atoms with Crippen molar-refractivity contribution in [2.75, 3.05) is 0 Å². The number of nitrogens with zero attached hydrogens (tertiary/aromatic N) is 4. The molecule has 0 radical (unpaired) electrons. The molecule has 5 heteroatoms. The predicted molar refractivity (Wildman–Crippen MR) is 281 cm³/mol. The van der Waals surface area contributed by atoms with Crippen LogP contribution >= 0.6 is 0 Å². The van der Waals surface area contributed by atoms with Crippen molar-refractivity contribution in [3.8, 4) is 62.1 Å². The van der Waals surface area contributed by atoms with Crippen molar-refractivity contribution in [3.05, 3.63) is 231 Å². The Bertz CT molecular complexity index is 4190. The standard InChI is InChI=1S/C63H38N4O/c1-3-16-39(17-4-1)41-30-34-43(35-31-41)61-64-62(44-36-32-42(33-37-44)40-18-5-2-6-19-40)66-63(65-61)67-58-52(56-50-25-11-9-22-47(50)48-23-10-12-26-51(48)59(56)67)27-15-28-53(58)57-46-21-8-7-20-45(46)38-54-49-24-13-14-29-55(49)68-60(54)57/h1-38H. The highest BCUT2D eigenvalue weighted by atomic mass is 16.3. The van der Waals surface area contributed by atoms with Crippen LogP contribution in [0, 0.1) is 0 Å². The van der Waals surface area contributed by atoms with E-state index in [1.807, 2.05) is 18.2 Å². The van der Waals surface area contributed by atoms with Crippen LogP contribution in [0.3, 0.4) is 0 Å². The van der Waals surface area contributed by atoms with E-state index < -0.39 is 0 Å². The molecule has 316 valence electrons. The largest absolute Gasteiger partial charge is 0.455 e. The molecule has 0 fully saturated rings. The van der Waals surface area contributed by atoms with Gasteiger partial charge in [-0.2, -0.15) is 9.97 Å². The second kappa shape index (κ2) is 15.2. The summed E-state index contributed by atoms with van der Waals surface area (Å²) in [5.74, 6) is 1.69.